The number of anilines is 1. The molecule has 2 aliphatic rings. The molecule has 1 saturated heterocycles. The average Bonchev–Trinajstić information content (AvgIpc) is 3.34. The van der Waals surface area contributed by atoms with Gasteiger partial charge in [0.2, 0.25) is 0 Å². The van der Waals surface area contributed by atoms with Crippen molar-refractivity contribution in [1.29, 1.82) is 0 Å². The maximum Gasteiger partial charge on any atom is 0.165 e. The first-order chi connectivity index (χ1) is 13.8. The van der Waals surface area contributed by atoms with E-state index in [-0.39, 0.29) is 0 Å². The fourth-order valence-electron chi connectivity index (χ4n) is 4.50. The highest BCUT2D eigenvalue weighted by molar-refractivity contribution is 5.78. The van der Waals surface area contributed by atoms with Crippen LogP contribution in [0.5, 0.6) is 5.75 Å². The molecule has 6 heteroatoms. The van der Waals surface area contributed by atoms with E-state index in [1.165, 1.54) is 32.2 Å². The van der Waals surface area contributed by atoms with Crippen molar-refractivity contribution in [3.8, 4) is 16.9 Å². The number of aromatic nitrogens is 3. The van der Waals surface area contributed by atoms with E-state index in [1.54, 1.807) is 0 Å². The van der Waals surface area contributed by atoms with Gasteiger partial charge in [-0.05, 0) is 56.0 Å². The zero-order chi connectivity index (χ0) is 18.9. The van der Waals surface area contributed by atoms with Gasteiger partial charge in [-0.1, -0.05) is 12.1 Å². The van der Waals surface area contributed by atoms with Crippen molar-refractivity contribution in [3.05, 3.63) is 42.7 Å². The molecule has 0 aliphatic carbocycles. The Morgan fingerprint density at radius 2 is 1.96 bits per heavy atom. The molecule has 4 bridgehead atoms. The van der Waals surface area contributed by atoms with Crippen molar-refractivity contribution < 1.29 is 4.74 Å². The van der Waals surface area contributed by atoms with Gasteiger partial charge in [0.1, 0.15) is 18.2 Å². The summed E-state index contributed by atoms with van der Waals surface area (Å²) in [5, 5.41) is 4.49. The zero-order valence-corrected chi connectivity index (χ0v) is 16.4. The SMILES string of the molecule is CN1CCCC2CCCN2CCOc2cccc(c2)-c2cnn3ccc1nc23. The van der Waals surface area contributed by atoms with Crippen molar-refractivity contribution in [3.63, 3.8) is 0 Å². The number of ether oxygens (including phenoxy) is 1. The van der Waals surface area contributed by atoms with E-state index in [1.807, 2.05) is 35.1 Å². The summed E-state index contributed by atoms with van der Waals surface area (Å²) in [5.74, 6) is 1.91. The van der Waals surface area contributed by atoms with E-state index >= 15 is 0 Å². The van der Waals surface area contributed by atoms with Gasteiger partial charge in [0.25, 0.3) is 0 Å². The van der Waals surface area contributed by atoms with Crippen LogP contribution < -0.4 is 9.64 Å². The lowest BCUT2D eigenvalue weighted by Crippen LogP contribution is -2.34. The Kier molecular flexibility index (Phi) is 4.64. The molecule has 0 amide bonds. The summed E-state index contributed by atoms with van der Waals surface area (Å²) in [6, 6.07) is 11.0. The van der Waals surface area contributed by atoms with Gasteiger partial charge in [-0.3, -0.25) is 4.90 Å². The minimum Gasteiger partial charge on any atom is -0.492 e. The molecule has 0 N–H and O–H groups in total. The van der Waals surface area contributed by atoms with Gasteiger partial charge in [-0.15, -0.1) is 0 Å². The molecular formula is C22H27N5O. The molecule has 1 aromatic carbocycles. The highest BCUT2D eigenvalue weighted by Crippen LogP contribution is 2.28. The number of rotatable bonds is 0. The third-order valence-corrected chi connectivity index (χ3v) is 6.07. The molecule has 0 radical (unpaired) electrons. The first kappa shape index (κ1) is 17.5. The molecule has 3 aromatic rings. The molecule has 1 atom stereocenters. The topological polar surface area (TPSA) is 45.9 Å². The van der Waals surface area contributed by atoms with Crippen LogP contribution in [0.2, 0.25) is 0 Å². The van der Waals surface area contributed by atoms with E-state index in [0.717, 1.165) is 48.0 Å². The van der Waals surface area contributed by atoms with Crippen LogP contribution in [0.15, 0.2) is 42.7 Å². The van der Waals surface area contributed by atoms with Crippen molar-refractivity contribution in [2.75, 3.05) is 38.2 Å². The van der Waals surface area contributed by atoms with Crippen molar-refractivity contribution in [1.82, 2.24) is 19.5 Å². The molecule has 2 aromatic heterocycles. The lowest BCUT2D eigenvalue weighted by atomic mass is 10.1. The molecule has 0 saturated carbocycles. The summed E-state index contributed by atoms with van der Waals surface area (Å²) in [6.07, 6.45) is 8.92. The third-order valence-electron chi connectivity index (χ3n) is 6.07. The first-order valence-corrected chi connectivity index (χ1v) is 10.3. The Labute approximate surface area is 165 Å². The summed E-state index contributed by atoms with van der Waals surface area (Å²) >= 11 is 0. The minimum absolute atomic E-state index is 0.688. The second-order valence-corrected chi connectivity index (χ2v) is 7.88. The smallest absolute Gasteiger partial charge is 0.165 e. The maximum atomic E-state index is 6.10. The second kappa shape index (κ2) is 7.43. The predicted molar refractivity (Wildman–Crippen MR) is 111 cm³/mol. The average molecular weight is 377 g/mol. The van der Waals surface area contributed by atoms with Gasteiger partial charge in [0.05, 0.1) is 6.20 Å². The Morgan fingerprint density at radius 1 is 1.07 bits per heavy atom. The van der Waals surface area contributed by atoms with Crippen LogP contribution >= 0.6 is 0 Å². The monoisotopic (exact) mass is 377 g/mol. The van der Waals surface area contributed by atoms with Crippen LogP contribution in [0.25, 0.3) is 16.8 Å². The summed E-state index contributed by atoms with van der Waals surface area (Å²) in [5.41, 5.74) is 3.01. The van der Waals surface area contributed by atoms with Gasteiger partial charge >= 0.3 is 0 Å². The largest absolute Gasteiger partial charge is 0.492 e. The van der Waals surface area contributed by atoms with E-state index < -0.39 is 0 Å². The van der Waals surface area contributed by atoms with E-state index in [4.69, 9.17) is 9.72 Å². The van der Waals surface area contributed by atoms with Gasteiger partial charge in [0, 0.05) is 37.9 Å². The molecule has 28 heavy (non-hydrogen) atoms. The molecule has 146 valence electrons. The Hall–Kier alpha value is -2.60. The fraction of sp³-hybridized carbons (Fsp3) is 0.455. The fourth-order valence-corrected chi connectivity index (χ4v) is 4.50. The van der Waals surface area contributed by atoms with Gasteiger partial charge in [-0.2, -0.15) is 5.10 Å². The second-order valence-electron chi connectivity index (χ2n) is 7.88. The van der Waals surface area contributed by atoms with Crippen LogP contribution in [-0.4, -0.2) is 58.8 Å². The van der Waals surface area contributed by atoms with Crippen LogP contribution in [0, 0.1) is 0 Å². The Morgan fingerprint density at radius 3 is 2.89 bits per heavy atom. The van der Waals surface area contributed by atoms with Crippen LogP contribution in [-0.2, 0) is 0 Å². The first-order valence-electron chi connectivity index (χ1n) is 10.3. The van der Waals surface area contributed by atoms with Crippen molar-refractivity contribution in [2.45, 2.75) is 31.7 Å². The predicted octanol–water partition coefficient (Wildman–Crippen LogP) is 3.47. The summed E-state index contributed by atoms with van der Waals surface area (Å²) < 4.78 is 7.95. The minimum atomic E-state index is 0.688. The number of fused-ring (bicyclic) bond motifs is 5. The summed E-state index contributed by atoms with van der Waals surface area (Å²) in [4.78, 5) is 9.79. The normalized spacial score (nSPS) is 21.0. The number of hydrogen-bond acceptors (Lipinski definition) is 5. The number of nitrogens with zero attached hydrogens (tertiary/aromatic N) is 5. The molecule has 2 aliphatic heterocycles. The van der Waals surface area contributed by atoms with E-state index in [9.17, 15) is 0 Å². The van der Waals surface area contributed by atoms with Crippen LogP contribution in [0.1, 0.15) is 25.7 Å². The lowest BCUT2D eigenvalue weighted by molar-refractivity contribution is 0.189. The molecule has 1 fully saturated rings. The highest BCUT2D eigenvalue weighted by atomic mass is 16.5. The Balaban J connectivity index is 1.52. The standard InChI is InChI=1S/C22H27N5O/c1-25-10-3-6-18-7-4-11-26(18)13-14-28-19-8-2-5-17(15-19)20-16-23-27-12-9-21(25)24-22(20)27/h2,5,8-9,12,15-16,18H,3-4,6-7,10-11,13-14H2,1H3. The molecule has 6 nitrogen and oxygen atoms in total. The molecule has 0 spiro atoms. The molecule has 4 heterocycles. The molecule has 1 unspecified atom stereocenters. The Bertz CT molecular complexity index is 968. The third kappa shape index (κ3) is 3.33. The number of hydrogen-bond donors (Lipinski definition) is 0. The lowest BCUT2D eigenvalue weighted by Gasteiger charge is -2.26. The summed E-state index contributed by atoms with van der Waals surface area (Å²) in [7, 11) is 2.14. The zero-order valence-electron chi connectivity index (χ0n) is 16.4. The maximum absolute atomic E-state index is 6.10. The molecular weight excluding hydrogens is 350 g/mol. The number of benzene rings is 1. The highest BCUT2D eigenvalue weighted by Gasteiger charge is 2.24. The van der Waals surface area contributed by atoms with Gasteiger partial charge < -0.3 is 9.64 Å². The quantitative estimate of drug-likeness (QED) is 0.600. The van der Waals surface area contributed by atoms with Crippen LogP contribution in [0.3, 0.4) is 0 Å². The van der Waals surface area contributed by atoms with E-state index in [0.29, 0.717) is 6.04 Å². The van der Waals surface area contributed by atoms with E-state index in [2.05, 4.69) is 34.1 Å². The van der Waals surface area contributed by atoms with Crippen LogP contribution in [0.4, 0.5) is 5.82 Å². The van der Waals surface area contributed by atoms with Gasteiger partial charge in [0.15, 0.2) is 5.65 Å². The van der Waals surface area contributed by atoms with Gasteiger partial charge in [-0.25, -0.2) is 9.50 Å². The molecule has 5 rings (SSSR count). The van der Waals surface area contributed by atoms with Crippen molar-refractivity contribution >= 4 is 11.5 Å². The summed E-state index contributed by atoms with van der Waals surface area (Å²) in [6.45, 7) is 3.95. The van der Waals surface area contributed by atoms with Crippen molar-refractivity contribution in [2.24, 2.45) is 0 Å².